The molecule has 0 fully saturated rings. The fourth-order valence-corrected chi connectivity index (χ4v) is 2.51. The van der Waals surface area contributed by atoms with Gasteiger partial charge in [-0.2, -0.15) is 0 Å². The molecule has 1 amide bonds. The first-order chi connectivity index (χ1) is 9.61. The Morgan fingerprint density at radius 2 is 1.95 bits per heavy atom. The van der Waals surface area contributed by atoms with Gasteiger partial charge >= 0.3 is 0 Å². The van der Waals surface area contributed by atoms with Crippen LogP contribution in [-0.2, 0) is 0 Å². The molecule has 0 bridgehead atoms. The van der Waals surface area contributed by atoms with Gasteiger partial charge in [0.15, 0.2) is 0 Å². The minimum atomic E-state index is -0.407. The molecule has 1 unspecified atom stereocenters. The Morgan fingerprint density at radius 3 is 2.60 bits per heavy atom. The van der Waals surface area contributed by atoms with Crippen LogP contribution in [0.4, 0.5) is 4.39 Å². The molecule has 0 aliphatic rings. The summed E-state index contributed by atoms with van der Waals surface area (Å²) in [6.07, 6.45) is 0. The normalized spacial score (nSPS) is 11.9. The first-order valence-corrected chi connectivity index (χ1v) is 7.42. The molecule has 0 heterocycles. The van der Waals surface area contributed by atoms with E-state index in [0.717, 1.165) is 11.1 Å². The molecule has 0 aliphatic heterocycles. The van der Waals surface area contributed by atoms with Crippen molar-refractivity contribution in [3.05, 3.63) is 71.0 Å². The highest BCUT2D eigenvalue weighted by molar-refractivity contribution is 9.09. The molecule has 2 nitrogen and oxygen atoms in total. The summed E-state index contributed by atoms with van der Waals surface area (Å²) in [6, 6.07) is 13.7. The van der Waals surface area contributed by atoms with Crippen LogP contribution in [0.15, 0.2) is 48.5 Å². The first kappa shape index (κ1) is 14.7. The minimum absolute atomic E-state index is 0.147. The van der Waals surface area contributed by atoms with E-state index in [1.165, 1.54) is 12.1 Å². The van der Waals surface area contributed by atoms with Crippen LogP contribution in [0, 0.1) is 12.7 Å². The minimum Gasteiger partial charge on any atom is -0.344 e. The number of benzene rings is 2. The van der Waals surface area contributed by atoms with Gasteiger partial charge in [-0.15, -0.1) is 0 Å². The van der Waals surface area contributed by atoms with Gasteiger partial charge in [-0.1, -0.05) is 52.3 Å². The van der Waals surface area contributed by atoms with E-state index >= 15 is 0 Å². The Hall–Kier alpha value is -1.68. The van der Waals surface area contributed by atoms with Crippen LogP contribution >= 0.6 is 15.9 Å². The van der Waals surface area contributed by atoms with Crippen LogP contribution in [0.2, 0.25) is 0 Å². The van der Waals surface area contributed by atoms with Crippen molar-refractivity contribution >= 4 is 21.8 Å². The van der Waals surface area contributed by atoms with Gasteiger partial charge in [0.05, 0.1) is 6.04 Å². The van der Waals surface area contributed by atoms with Gasteiger partial charge in [0.2, 0.25) is 0 Å². The number of hydrogen-bond acceptors (Lipinski definition) is 1. The van der Waals surface area contributed by atoms with Crippen LogP contribution in [0.25, 0.3) is 0 Å². The lowest BCUT2D eigenvalue weighted by Crippen LogP contribution is -2.30. The quantitative estimate of drug-likeness (QED) is 0.840. The predicted octanol–water partition coefficient (Wildman–Crippen LogP) is 4.00. The average molecular weight is 336 g/mol. The van der Waals surface area contributed by atoms with Crippen molar-refractivity contribution in [2.45, 2.75) is 13.0 Å². The highest BCUT2D eigenvalue weighted by Crippen LogP contribution is 2.17. The molecule has 0 saturated carbocycles. The van der Waals surface area contributed by atoms with Crippen molar-refractivity contribution in [2.75, 3.05) is 5.33 Å². The Labute approximate surface area is 126 Å². The lowest BCUT2D eigenvalue weighted by Gasteiger charge is -2.17. The maximum absolute atomic E-state index is 13.3. The Kier molecular flexibility index (Phi) is 4.90. The number of aryl methyl sites for hydroxylation is 1. The van der Waals surface area contributed by atoms with Crippen LogP contribution in [0.1, 0.15) is 27.5 Å². The van der Waals surface area contributed by atoms with Crippen molar-refractivity contribution in [3.63, 3.8) is 0 Å². The summed E-state index contributed by atoms with van der Waals surface area (Å²) in [5, 5.41) is 3.51. The SMILES string of the molecule is Cc1ccc(F)cc1C(=O)NC(CBr)c1ccccc1. The first-order valence-electron chi connectivity index (χ1n) is 6.29. The number of carbonyl (C=O) groups excluding carboxylic acids is 1. The summed E-state index contributed by atoms with van der Waals surface area (Å²) in [5.74, 6) is -0.675. The molecule has 2 rings (SSSR count). The molecule has 2 aromatic carbocycles. The van der Waals surface area contributed by atoms with E-state index in [9.17, 15) is 9.18 Å². The summed E-state index contributed by atoms with van der Waals surface area (Å²) >= 11 is 3.40. The zero-order chi connectivity index (χ0) is 14.5. The lowest BCUT2D eigenvalue weighted by atomic mass is 10.1. The molecule has 4 heteroatoms. The smallest absolute Gasteiger partial charge is 0.252 e. The summed E-state index contributed by atoms with van der Waals surface area (Å²) in [5.41, 5.74) is 2.13. The Morgan fingerprint density at radius 1 is 1.25 bits per heavy atom. The Bertz CT molecular complexity index is 601. The molecule has 0 aromatic heterocycles. The second-order valence-corrected chi connectivity index (χ2v) is 5.20. The van der Waals surface area contributed by atoms with Crippen molar-refractivity contribution in [1.82, 2.24) is 5.32 Å². The number of hydrogen-bond donors (Lipinski definition) is 1. The number of amides is 1. The van der Waals surface area contributed by atoms with Crippen LogP contribution < -0.4 is 5.32 Å². The summed E-state index contributed by atoms with van der Waals surface area (Å²) in [6.45, 7) is 1.79. The van der Waals surface area contributed by atoms with Crippen LogP contribution in [0.3, 0.4) is 0 Å². The zero-order valence-corrected chi connectivity index (χ0v) is 12.7. The van der Waals surface area contributed by atoms with E-state index in [4.69, 9.17) is 0 Å². The zero-order valence-electron chi connectivity index (χ0n) is 11.1. The third-order valence-electron chi connectivity index (χ3n) is 3.11. The monoisotopic (exact) mass is 335 g/mol. The molecule has 1 N–H and O–H groups in total. The van der Waals surface area contributed by atoms with Crippen molar-refractivity contribution in [2.24, 2.45) is 0 Å². The molecule has 0 saturated heterocycles. The second kappa shape index (κ2) is 6.66. The third-order valence-corrected chi connectivity index (χ3v) is 3.75. The van der Waals surface area contributed by atoms with E-state index < -0.39 is 5.82 Å². The van der Waals surface area contributed by atoms with Gasteiger partial charge < -0.3 is 5.32 Å². The van der Waals surface area contributed by atoms with Crippen molar-refractivity contribution in [1.29, 1.82) is 0 Å². The van der Waals surface area contributed by atoms with Crippen LogP contribution in [-0.4, -0.2) is 11.2 Å². The highest BCUT2D eigenvalue weighted by Gasteiger charge is 2.16. The molecule has 0 aliphatic carbocycles. The third kappa shape index (κ3) is 3.45. The van der Waals surface area contributed by atoms with E-state index in [1.54, 1.807) is 13.0 Å². The van der Waals surface area contributed by atoms with Crippen molar-refractivity contribution in [3.8, 4) is 0 Å². The molecule has 20 heavy (non-hydrogen) atoms. The highest BCUT2D eigenvalue weighted by atomic mass is 79.9. The maximum Gasteiger partial charge on any atom is 0.252 e. The average Bonchev–Trinajstić information content (AvgIpc) is 2.48. The van der Waals surface area contributed by atoms with E-state index in [-0.39, 0.29) is 11.9 Å². The number of carbonyl (C=O) groups is 1. The van der Waals surface area contributed by atoms with Crippen LogP contribution in [0.5, 0.6) is 0 Å². The molecule has 2 aromatic rings. The molecular weight excluding hydrogens is 321 g/mol. The predicted molar refractivity (Wildman–Crippen MR) is 81.6 cm³/mol. The van der Waals surface area contributed by atoms with Crippen molar-refractivity contribution < 1.29 is 9.18 Å². The molecule has 0 radical (unpaired) electrons. The standard InChI is InChI=1S/C16H15BrFNO/c1-11-7-8-13(18)9-14(11)16(20)19-15(10-17)12-5-3-2-4-6-12/h2-9,15H,10H2,1H3,(H,19,20). The summed E-state index contributed by atoms with van der Waals surface area (Å²) in [7, 11) is 0. The van der Waals surface area contributed by atoms with Gasteiger partial charge in [0.25, 0.3) is 5.91 Å². The van der Waals surface area contributed by atoms with Gasteiger partial charge in [-0.3, -0.25) is 4.79 Å². The summed E-state index contributed by atoms with van der Waals surface area (Å²) < 4.78 is 13.3. The lowest BCUT2D eigenvalue weighted by molar-refractivity contribution is 0.0939. The largest absolute Gasteiger partial charge is 0.344 e. The fourth-order valence-electron chi connectivity index (χ4n) is 1.97. The van der Waals surface area contributed by atoms with E-state index in [1.807, 2.05) is 30.3 Å². The van der Waals surface area contributed by atoms with E-state index in [2.05, 4.69) is 21.2 Å². The second-order valence-electron chi connectivity index (χ2n) is 4.55. The van der Waals surface area contributed by atoms with E-state index in [0.29, 0.717) is 10.9 Å². The number of nitrogens with one attached hydrogen (secondary N) is 1. The molecule has 104 valence electrons. The van der Waals surface area contributed by atoms with Gasteiger partial charge in [0.1, 0.15) is 5.82 Å². The maximum atomic E-state index is 13.3. The molecular formula is C16H15BrFNO. The fraction of sp³-hybridized carbons (Fsp3) is 0.188. The van der Waals surface area contributed by atoms with Gasteiger partial charge in [-0.05, 0) is 30.2 Å². The van der Waals surface area contributed by atoms with Gasteiger partial charge in [-0.25, -0.2) is 4.39 Å². The number of rotatable bonds is 4. The Balaban J connectivity index is 2.20. The number of halogens is 2. The summed E-state index contributed by atoms with van der Waals surface area (Å²) in [4.78, 5) is 12.3. The topological polar surface area (TPSA) is 29.1 Å². The molecule has 1 atom stereocenters. The van der Waals surface area contributed by atoms with Gasteiger partial charge in [0, 0.05) is 10.9 Å². The number of alkyl halides is 1. The molecule has 0 spiro atoms.